The highest BCUT2D eigenvalue weighted by atomic mass is 16.5. The molecule has 8 nitrogen and oxygen atoms in total. The highest BCUT2D eigenvalue weighted by molar-refractivity contribution is 5.99. The van der Waals surface area contributed by atoms with E-state index in [2.05, 4.69) is 28.1 Å². The Morgan fingerprint density at radius 3 is 2.60 bits per heavy atom. The second-order valence-electron chi connectivity index (χ2n) is 9.52. The van der Waals surface area contributed by atoms with Gasteiger partial charge in [0.15, 0.2) is 0 Å². The lowest BCUT2D eigenvalue weighted by atomic mass is 9.96. The summed E-state index contributed by atoms with van der Waals surface area (Å²) in [7, 11) is 1.66. The van der Waals surface area contributed by atoms with Crippen LogP contribution in [0.1, 0.15) is 54.5 Å². The Balaban J connectivity index is 1.58. The van der Waals surface area contributed by atoms with Crippen LogP contribution in [-0.4, -0.2) is 49.3 Å². The molecule has 2 aromatic carbocycles. The SMILES string of the molecule is COc1ccc2c(c1)C1CC2NCCCC[C@@H](C(N)=O)C(=O)N[C@@H](Cc2ccccc2)[C@H](O)CN1. The van der Waals surface area contributed by atoms with Crippen molar-refractivity contribution >= 4 is 11.8 Å². The topological polar surface area (TPSA) is 126 Å². The van der Waals surface area contributed by atoms with Gasteiger partial charge in [-0.25, -0.2) is 0 Å². The third-order valence-corrected chi connectivity index (χ3v) is 7.15. The molecule has 1 saturated heterocycles. The molecule has 0 aromatic heterocycles. The lowest BCUT2D eigenvalue weighted by molar-refractivity contribution is -0.134. The lowest BCUT2D eigenvalue weighted by Crippen LogP contribution is -2.52. The van der Waals surface area contributed by atoms with Crippen LogP contribution in [0.4, 0.5) is 0 Å². The van der Waals surface area contributed by atoms with Crippen LogP contribution >= 0.6 is 0 Å². The minimum Gasteiger partial charge on any atom is -0.497 e. The summed E-state index contributed by atoms with van der Waals surface area (Å²) in [6.07, 6.45) is 2.35. The number of amides is 2. The number of nitrogens with one attached hydrogen (secondary N) is 3. The van der Waals surface area contributed by atoms with Crippen LogP contribution < -0.4 is 26.4 Å². The third-order valence-electron chi connectivity index (χ3n) is 7.15. The molecule has 2 bridgehead atoms. The minimum absolute atomic E-state index is 0.0452. The van der Waals surface area contributed by atoms with E-state index in [0.717, 1.165) is 30.7 Å². The van der Waals surface area contributed by atoms with Gasteiger partial charge < -0.3 is 31.5 Å². The first kappa shape index (κ1) is 25.2. The van der Waals surface area contributed by atoms with Crippen molar-refractivity contribution in [2.45, 2.75) is 56.3 Å². The van der Waals surface area contributed by atoms with Gasteiger partial charge in [-0.05, 0) is 61.1 Å². The van der Waals surface area contributed by atoms with Gasteiger partial charge >= 0.3 is 0 Å². The number of ether oxygens (including phenoxy) is 1. The number of rotatable bonds is 4. The highest BCUT2D eigenvalue weighted by Gasteiger charge is 2.33. The number of methoxy groups -OCH3 is 1. The van der Waals surface area contributed by atoms with Crippen molar-refractivity contribution in [3.05, 3.63) is 65.2 Å². The van der Waals surface area contributed by atoms with Gasteiger partial charge in [-0.15, -0.1) is 0 Å². The van der Waals surface area contributed by atoms with E-state index >= 15 is 0 Å². The molecule has 1 fully saturated rings. The van der Waals surface area contributed by atoms with Crippen molar-refractivity contribution in [2.75, 3.05) is 20.2 Å². The molecule has 5 atom stereocenters. The minimum atomic E-state index is -0.914. The molecule has 2 aromatic rings. The van der Waals surface area contributed by atoms with Crippen LogP contribution in [0.15, 0.2) is 48.5 Å². The van der Waals surface area contributed by atoms with E-state index in [-0.39, 0.29) is 18.6 Å². The zero-order valence-electron chi connectivity index (χ0n) is 20.2. The summed E-state index contributed by atoms with van der Waals surface area (Å²) in [5.74, 6) is -1.16. The number of β-amino-alcohol motifs (C(OH)–C–C–N with tert-alkyl or cyclic N) is 1. The first-order chi connectivity index (χ1) is 17.0. The Bertz CT molecular complexity index is 1020. The molecule has 0 saturated carbocycles. The van der Waals surface area contributed by atoms with E-state index in [9.17, 15) is 14.7 Å². The van der Waals surface area contributed by atoms with Crippen LogP contribution in [0.25, 0.3) is 0 Å². The van der Waals surface area contributed by atoms with E-state index < -0.39 is 29.9 Å². The fraction of sp³-hybridized carbons (Fsp3) is 0.481. The van der Waals surface area contributed by atoms with Crippen molar-refractivity contribution in [3.8, 4) is 5.75 Å². The molecule has 0 spiro atoms. The molecule has 4 rings (SSSR count). The van der Waals surface area contributed by atoms with Gasteiger partial charge in [-0.2, -0.15) is 0 Å². The second-order valence-corrected chi connectivity index (χ2v) is 9.52. The standard InChI is InChI=1S/C27H36N4O4/c1-35-18-10-11-19-21(14-18)23-15-22(19)29-12-6-5-9-20(26(28)33)27(34)31-24(25(32)16-30-23)13-17-7-3-2-4-8-17/h2-4,7-8,10-11,14,20,22-25,29-30,32H,5-6,9,12-13,15-16H2,1H3,(H2,28,33)(H,31,34)/t20-,22?,23?,24-,25+/m0/s1. The van der Waals surface area contributed by atoms with E-state index in [4.69, 9.17) is 10.5 Å². The number of nitrogens with two attached hydrogens (primary N) is 1. The maximum absolute atomic E-state index is 13.0. The fourth-order valence-corrected chi connectivity index (χ4v) is 5.17. The Labute approximate surface area is 206 Å². The van der Waals surface area contributed by atoms with Crippen molar-refractivity contribution in [2.24, 2.45) is 11.7 Å². The third kappa shape index (κ3) is 6.20. The molecule has 35 heavy (non-hydrogen) atoms. The number of primary amides is 1. The molecular formula is C27H36N4O4. The van der Waals surface area contributed by atoms with Crippen molar-refractivity contribution in [1.29, 1.82) is 0 Å². The van der Waals surface area contributed by atoms with Crippen molar-refractivity contribution in [1.82, 2.24) is 16.0 Å². The first-order valence-corrected chi connectivity index (χ1v) is 12.4. The summed E-state index contributed by atoms with van der Waals surface area (Å²) < 4.78 is 5.45. The number of hydrogen-bond acceptors (Lipinski definition) is 6. The molecule has 6 N–H and O–H groups in total. The van der Waals surface area contributed by atoms with Crippen molar-refractivity contribution in [3.63, 3.8) is 0 Å². The molecule has 1 aliphatic heterocycles. The largest absolute Gasteiger partial charge is 0.497 e. The van der Waals surface area contributed by atoms with Gasteiger partial charge in [0.25, 0.3) is 0 Å². The molecule has 8 heteroatoms. The van der Waals surface area contributed by atoms with Crippen LogP contribution in [0, 0.1) is 5.92 Å². The first-order valence-electron chi connectivity index (χ1n) is 12.4. The maximum atomic E-state index is 13.0. The van der Waals surface area contributed by atoms with Crippen LogP contribution in [0.3, 0.4) is 0 Å². The van der Waals surface area contributed by atoms with E-state index in [1.165, 1.54) is 11.1 Å². The van der Waals surface area contributed by atoms with Crippen LogP contribution in [0.5, 0.6) is 5.75 Å². The fourth-order valence-electron chi connectivity index (χ4n) is 5.17. The number of hydrogen-bond donors (Lipinski definition) is 5. The molecule has 0 radical (unpaired) electrons. The number of carbonyl (C=O) groups is 2. The summed E-state index contributed by atoms with van der Waals surface area (Å²) >= 11 is 0. The number of fused-ring (bicyclic) bond motifs is 5. The van der Waals surface area contributed by atoms with E-state index in [0.29, 0.717) is 19.3 Å². The molecule has 1 heterocycles. The normalized spacial score (nSPS) is 27.7. The average Bonchev–Trinajstić information content (AvgIpc) is 3.20. The zero-order valence-corrected chi connectivity index (χ0v) is 20.2. The van der Waals surface area contributed by atoms with Crippen LogP contribution in [0.2, 0.25) is 0 Å². The Hall–Kier alpha value is -2.94. The van der Waals surface area contributed by atoms with Gasteiger partial charge in [0, 0.05) is 18.6 Å². The Kier molecular flexibility index (Phi) is 8.38. The van der Waals surface area contributed by atoms with Gasteiger partial charge in [0.2, 0.25) is 11.8 Å². The predicted molar refractivity (Wildman–Crippen MR) is 134 cm³/mol. The number of carbonyl (C=O) groups excluding carboxylic acids is 2. The summed E-state index contributed by atoms with van der Waals surface area (Å²) in [6.45, 7) is 1.06. The smallest absolute Gasteiger partial charge is 0.232 e. The average molecular weight is 481 g/mol. The van der Waals surface area contributed by atoms with E-state index in [1.54, 1.807) is 7.11 Å². The molecular weight excluding hydrogens is 444 g/mol. The Morgan fingerprint density at radius 2 is 1.86 bits per heavy atom. The van der Waals surface area contributed by atoms with Gasteiger partial charge in [-0.1, -0.05) is 42.8 Å². The summed E-state index contributed by atoms with van der Waals surface area (Å²) in [5.41, 5.74) is 8.96. The highest BCUT2D eigenvalue weighted by Crippen LogP contribution is 2.40. The number of aliphatic hydroxyl groups excluding tert-OH is 1. The van der Waals surface area contributed by atoms with Crippen LogP contribution in [-0.2, 0) is 16.0 Å². The molecule has 188 valence electrons. The summed E-state index contributed by atoms with van der Waals surface area (Å²) in [5, 5.41) is 21.2. The second kappa shape index (κ2) is 11.7. The maximum Gasteiger partial charge on any atom is 0.232 e. The Morgan fingerprint density at radius 1 is 1.09 bits per heavy atom. The monoisotopic (exact) mass is 480 g/mol. The summed E-state index contributed by atoms with van der Waals surface area (Å²) in [6, 6.07) is 15.5. The molecule has 2 unspecified atom stereocenters. The zero-order chi connectivity index (χ0) is 24.8. The predicted octanol–water partition coefficient (Wildman–Crippen LogP) is 1.73. The number of aliphatic hydroxyl groups is 1. The van der Waals surface area contributed by atoms with Gasteiger partial charge in [0.1, 0.15) is 11.7 Å². The number of benzene rings is 2. The molecule has 2 aliphatic rings. The van der Waals surface area contributed by atoms with Gasteiger partial charge in [-0.3, -0.25) is 9.59 Å². The van der Waals surface area contributed by atoms with Gasteiger partial charge in [0.05, 0.1) is 19.3 Å². The van der Waals surface area contributed by atoms with E-state index in [1.807, 2.05) is 36.4 Å². The van der Waals surface area contributed by atoms with Crippen molar-refractivity contribution < 1.29 is 19.4 Å². The lowest BCUT2D eigenvalue weighted by Gasteiger charge is -2.27. The molecule has 1 aliphatic carbocycles. The quantitative estimate of drug-likeness (QED) is 0.425. The molecule has 2 amide bonds. The summed E-state index contributed by atoms with van der Waals surface area (Å²) in [4.78, 5) is 25.1.